The van der Waals surface area contributed by atoms with Crippen molar-refractivity contribution in [3.05, 3.63) is 0 Å². The van der Waals surface area contributed by atoms with Crippen molar-refractivity contribution in [1.29, 1.82) is 0 Å². The molecule has 0 aromatic carbocycles. The summed E-state index contributed by atoms with van der Waals surface area (Å²) in [6.07, 6.45) is 0.412. The maximum atomic E-state index is 12.1. The Bertz CT molecular complexity index is 242. The van der Waals surface area contributed by atoms with Gasteiger partial charge in [-0.2, -0.15) is 0 Å². The zero-order chi connectivity index (χ0) is 14.3. The lowest BCUT2D eigenvalue weighted by molar-refractivity contribution is 0.117. The number of nitrogens with zero attached hydrogens (tertiary/aromatic N) is 2. The zero-order valence-corrected chi connectivity index (χ0v) is 12.6. The van der Waals surface area contributed by atoms with Crippen molar-refractivity contribution in [3.63, 3.8) is 0 Å². The van der Waals surface area contributed by atoms with Gasteiger partial charge in [-0.1, -0.05) is 0 Å². The van der Waals surface area contributed by atoms with Crippen molar-refractivity contribution in [3.8, 4) is 0 Å². The second-order valence-corrected chi connectivity index (χ2v) is 5.54. The molecule has 18 heavy (non-hydrogen) atoms. The van der Waals surface area contributed by atoms with Crippen molar-refractivity contribution in [1.82, 2.24) is 15.1 Å². The first-order valence-electron chi connectivity index (χ1n) is 6.64. The molecule has 5 heteroatoms. The lowest BCUT2D eigenvalue weighted by atomic mass is 10.2. The van der Waals surface area contributed by atoms with Gasteiger partial charge in [-0.15, -0.1) is 0 Å². The first kappa shape index (κ1) is 17.2. The van der Waals surface area contributed by atoms with Gasteiger partial charge in [-0.3, -0.25) is 0 Å². The largest absolute Gasteiger partial charge is 0.392 e. The van der Waals surface area contributed by atoms with Crippen LogP contribution in [0.2, 0.25) is 0 Å². The fraction of sp³-hybridized carbons (Fsp3) is 0.923. The van der Waals surface area contributed by atoms with E-state index in [2.05, 4.69) is 10.2 Å². The highest BCUT2D eigenvalue weighted by molar-refractivity contribution is 5.74. The fourth-order valence-corrected chi connectivity index (χ4v) is 1.63. The summed E-state index contributed by atoms with van der Waals surface area (Å²) in [6, 6.07) is 0.118. The quantitative estimate of drug-likeness (QED) is 0.720. The van der Waals surface area contributed by atoms with Crippen LogP contribution >= 0.6 is 0 Å². The molecule has 0 aromatic heterocycles. The van der Waals surface area contributed by atoms with Gasteiger partial charge < -0.3 is 20.2 Å². The molecule has 0 saturated carbocycles. The van der Waals surface area contributed by atoms with Crippen molar-refractivity contribution in [2.24, 2.45) is 0 Å². The van der Waals surface area contributed by atoms with E-state index in [4.69, 9.17) is 0 Å². The molecule has 0 aromatic rings. The molecular weight excluding hydrogens is 230 g/mol. The average Bonchev–Trinajstić information content (AvgIpc) is 2.22. The molecule has 0 saturated heterocycles. The summed E-state index contributed by atoms with van der Waals surface area (Å²) in [6.45, 7) is 8.91. The van der Waals surface area contributed by atoms with Crippen LogP contribution in [0.3, 0.4) is 0 Å². The molecule has 2 N–H and O–H groups in total. The van der Waals surface area contributed by atoms with Crippen LogP contribution in [-0.2, 0) is 0 Å². The number of amides is 2. The Morgan fingerprint density at radius 1 is 1.22 bits per heavy atom. The predicted octanol–water partition coefficient (Wildman–Crippen LogP) is 1.13. The minimum Gasteiger partial charge on any atom is -0.392 e. The monoisotopic (exact) mass is 259 g/mol. The van der Waals surface area contributed by atoms with Crippen LogP contribution < -0.4 is 5.32 Å². The van der Waals surface area contributed by atoms with Gasteiger partial charge in [-0.05, 0) is 54.8 Å². The van der Waals surface area contributed by atoms with Crippen LogP contribution in [0.1, 0.15) is 34.1 Å². The van der Waals surface area contributed by atoms with Crippen LogP contribution in [0.25, 0.3) is 0 Å². The van der Waals surface area contributed by atoms with E-state index in [1.807, 2.05) is 34.9 Å². The highest BCUT2D eigenvalue weighted by Gasteiger charge is 2.19. The second-order valence-electron chi connectivity index (χ2n) is 5.54. The van der Waals surface area contributed by atoms with Gasteiger partial charge in [0.1, 0.15) is 0 Å². The molecule has 0 spiro atoms. The summed E-state index contributed by atoms with van der Waals surface area (Å²) in [5, 5.41) is 12.4. The number of carbonyl (C=O) groups is 1. The van der Waals surface area contributed by atoms with Gasteiger partial charge >= 0.3 is 6.03 Å². The molecule has 0 heterocycles. The fourth-order valence-electron chi connectivity index (χ4n) is 1.63. The van der Waals surface area contributed by atoms with E-state index in [9.17, 15) is 9.90 Å². The van der Waals surface area contributed by atoms with Gasteiger partial charge in [0.05, 0.1) is 6.10 Å². The SMILES string of the molecule is CC(O)CN(C(=O)NC(C)CCN(C)C)C(C)C. The Balaban J connectivity index is 4.24. The van der Waals surface area contributed by atoms with E-state index in [1.165, 1.54) is 0 Å². The van der Waals surface area contributed by atoms with Crippen LogP contribution in [0, 0.1) is 0 Å². The topological polar surface area (TPSA) is 55.8 Å². The number of carbonyl (C=O) groups excluding carboxylic acids is 1. The molecule has 2 atom stereocenters. The molecule has 2 unspecified atom stereocenters. The highest BCUT2D eigenvalue weighted by atomic mass is 16.3. The number of nitrogens with one attached hydrogen (secondary N) is 1. The van der Waals surface area contributed by atoms with Crippen LogP contribution in [0.15, 0.2) is 0 Å². The first-order chi connectivity index (χ1) is 8.23. The minimum atomic E-state index is -0.504. The van der Waals surface area contributed by atoms with Crippen LogP contribution in [0.5, 0.6) is 0 Å². The molecule has 0 fully saturated rings. The van der Waals surface area contributed by atoms with E-state index in [1.54, 1.807) is 11.8 Å². The third-order valence-corrected chi connectivity index (χ3v) is 2.72. The van der Waals surface area contributed by atoms with Crippen molar-refractivity contribution in [2.75, 3.05) is 27.2 Å². The van der Waals surface area contributed by atoms with E-state index >= 15 is 0 Å². The standard InChI is InChI=1S/C13H29N3O2/c1-10(2)16(9-12(4)17)13(18)14-11(3)7-8-15(5)6/h10-12,17H,7-9H2,1-6H3,(H,14,18). The van der Waals surface area contributed by atoms with E-state index in [0.717, 1.165) is 13.0 Å². The van der Waals surface area contributed by atoms with E-state index in [0.29, 0.717) is 6.54 Å². The molecule has 108 valence electrons. The maximum absolute atomic E-state index is 12.1. The number of hydrogen-bond donors (Lipinski definition) is 2. The predicted molar refractivity (Wildman–Crippen MR) is 74.7 cm³/mol. The molecule has 0 aliphatic carbocycles. The number of aliphatic hydroxyl groups excluding tert-OH is 1. The summed E-state index contributed by atoms with van der Waals surface area (Å²) in [5.41, 5.74) is 0. The van der Waals surface area contributed by atoms with Gasteiger partial charge in [0, 0.05) is 18.6 Å². The van der Waals surface area contributed by atoms with Crippen molar-refractivity contribution in [2.45, 2.75) is 52.3 Å². The maximum Gasteiger partial charge on any atom is 0.317 e. The second kappa shape index (κ2) is 8.32. The summed E-state index contributed by atoms with van der Waals surface area (Å²) >= 11 is 0. The third kappa shape index (κ3) is 7.50. The Hall–Kier alpha value is -0.810. The minimum absolute atomic E-state index is 0.0839. The van der Waals surface area contributed by atoms with Gasteiger partial charge in [0.2, 0.25) is 0 Å². The molecule has 5 nitrogen and oxygen atoms in total. The summed E-state index contributed by atoms with van der Waals surface area (Å²) in [7, 11) is 4.03. The number of aliphatic hydroxyl groups is 1. The Morgan fingerprint density at radius 3 is 2.17 bits per heavy atom. The lowest BCUT2D eigenvalue weighted by Gasteiger charge is -2.29. The molecular formula is C13H29N3O2. The van der Waals surface area contributed by atoms with Gasteiger partial charge in [-0.25, -0.2) is 4.79 Å². The average molecular weight is 259 g/mol. The third-order valence-electron chi connectivity index (χ3n) is 2.72. The normalized spacial score (nSPS) is 14.7. The Kier molecular flexibility index (Phi) is 7.95. The van der Waals surface area contributed by atoms with Crippen molar-refractivity contribution < 1.29 is 9.90 Å². The first-order valence-corrected chi connectivity index (χ1v) is 6.64. The summed E-state index contributed by atoms with van der Waals surface area (Å²) in [5.74, 6) is 0. The lowest BCUT2D eigenvalue weighted by Crippen LogP contribution is -2.49. The Labute approximate surface area is 111 Å². The smallest absolute Gasteiger partial charge is 0.317 e. The van der Waals surface area contributed by atoms with Gasteiger partial charge in [0.15, 0.2) is 0 Å². The molecule has 0 radical (unpaired) electrons. The van der Waals surface area contributed by atoms with Crippen molar-refractivity contribution >= 4 is 6.03 Å². The number of rotatable bonds is 7. The van der Waals surface area contributed by atoms with Crippen LogP contribution in [0.4, 0.5) is 4.79 Å². The summed E-state index contributed by atoms with van der Waals surface area (Å²) in [4.78, 5) is 15.8. The molecule has 0 aliphatic heterocycles. The highest BCUT2D eigenvalue weighted by Crippen LogP contribution is 2.02. The van der Waals surface area contributed by atoms with E-state index in [-0.39, 0.29) is 18.1 Å². The number of hydrogen-bond acceptors (Lipinski definition) is 3. The zero-order valence-electron chi connectivity index (χ0n) is 12.6. The molecule has 0 bridgehead atoms. The molecule has 0 rings (SSSR count). The number of urea groups is 1. The molecule has 0 aliphatic rings. The van der Waals surface area contributed by atoms with E-state index < -0.39 is 6.10 Å². The Morgan fingerprint density at radius 2 is 1.78 bits per heavy atom. The summed E-state index contributed by atoms with van der Waals surface area (Å²) < 4.78 is 0. The van der Waals surface area contributed by atoms with Gasteiger partial charge in [0.25, 0.3) is 0 Å². The van der Waals surface area contributed by atoms with Crippen LogP contribution in [-0.4, -0.2) is 66.3 Å². The molecule has 2 amide bonds.